The van der Waals surface area contributed by atoms with Gasteiger partial charge in [-0.05, 0) is 68.0 Å². The van der Waals surface area contributed by atoms with Crippen molar-refractivity contribution >= 4 is 29.0 Å². The number of hydrogen-bond donors (Lipinski definition) is 2. The lowest BCUT2D eigenvalue weighted by Crippen LogP contribution is -2.45. The summed E-state index contributed by atoms with van der Waals surface area (Å²) in [6.45, 7) is 5.61. The fraction of sp³-hybridized carbons (Fsp3) is 0.440. The normalized spacial score (nSPS) is 19.7. The molecule has 2 aromatic carbocycles. The number of para-hydroxylation sites is 1. The topological polar surface area (TPSA) is 64.7 Å². The molecule has 2 fully saturated rings. The Bertz CT molecular complexity index is 876. The van der Waals surface area contributed by atoms with Crippen molar-refractivity contribution in [3.8, 4) is 0 Å². The van der Waals surface area contributed by atoms with E-state index in [4.69, 9.17) is 0 Å². The molecule has 0 unspecified atom stereocenters. The van der Waals surface area contributed by atoms with E-state index < -0.39 is 0 Å². The summed E-state index contributed by atoms with van der Waals surface area (Å²) in [7, 11) is 0. The third-order valence-corrected chi connectivity index (χ3v) is 6.39. The van der Waals surface area contributed by atoms with Crippen molar-refractivity contribution in [2.24, 2.45) is 11.8 Å². The van der Waals surface area contributed by atoms with Gasteiger partial charge in [0.1, 0.15) is 0 Å². The molecule has 2 aliphatic heterocycles. The van der Waals surface area contributed by atoms with Crippen LogP contribution in [0.4, 0.5) is 21.9 Å². The molecule has 2 aliphatic rings. The van der Waals surface area contributed by atoms with Crippen molar-refractivity contribution in [2.75, 3.05) is 41.7 Å². The summed E-state index contributed by atoms with van der Waals surface area (Å²) in [5.41, 5.74) is 2.79. The van der Waals surface area contributed by atoms with Gasteiger partial charge in [0.05, 0.1) is 5.92 Å². The molecule has 2 aromatic rings. The summed E-state index contributed by atoms with van der Waals surface area (Å²) in [5, 5.41) is 5.95. The minimum absolute atomic E-state index is 0.0169. The Morgan fingerprint density at radius 2 is 1.52 bits per heavy atom. The molecule has 3 amide bonds. The second-order valence-corrected chi connectivity index (χ2v) is 8.79. The van der Waals surface area contributed by atoms with Crippen molar-refractivity contribution in [2.45, 2.75) is 32.6 Å². The second kappa shape index (κ2) is 9.86. The highest BCUT2D eigenvalue weighted by atomic mass is 16.2. The first-order chi connectivity index (χ1) is 15.1. The molecular weight excluding hydrogens is 388 g/mol. The largest absolute Gasteiger partial charge is 0.372 e. The van der Waals surface area contributed by atoms with Crippen molar-refractivity contribution in [1.29, 1.82) is 0 Å². The summed E-state index contributed by atoms with van der Waals surface area (Å²) < 4.78 is 0. The highest BCUT2D eigenvalue weighted by Gasteiger charge is 2.28. The van der Waals surface area contributed by atoms with E-state index in [0.29, 0.717) is 13.1 Å². The molecule has 2 N–H and O–H groups in total. The van der Waals surface area contributed by atoms with E-state index in [9.17, 15) is 9.59 Å². The van der Waals surface area contributed by atoms with Crippen LogP contribution in [0, 0.1) is 11.8 Å². The van der Waals surface area contributed by atoms with Crippen LogP contribution in [0.25, 0.3) is 0 Å². The first kappa shape index (κ1) is 21.2. The maximum absolute atomic E-state index is 12.8. The van der Waals surface area contributed by atoms with Gasteiger partial charge in [-0.1, -0.05) is 25.1 Å². The first-order valence-corrected chi connectivity index (χ1v) is 11.4. The van der Waals surface area contributed by atoms with Crippen LogP contribution < -0.4 is 15.5 Å². The number of anilines is 3. The van der Waals surface area contributed by atoms with E-state index in [0.717, 1.165) is 43.2 Å². The average Bonchev–Trinajstić information content (AvgIpc) is 2.81. The van der Waals surface area contributed by atoms with Gasteiger partial charge in [-0.25, -0.2) is 4.79 Å². The number of carbonyl (C=O) groups excluding carboxylic acids is 2. The lowest BCUT2D eigenvalue weighted by molar-refractivity contribution is -0.121. The second-order valence-electron chi connectivity index (χ2n) is 8.79. The number of urea groups is 1. The Kier molecular flexibility index (Phi) is 6.75. The number of amides is 3. The van der Waals surface area contributed by atoms with Crippen LogP contribution in [0.3, 0.4) is 0 Å². The Hall–Kier alpha value is -3.02. The molecule has 1 atom stereocenters. The van der Waals surface area contributed by atoms with Crippen molar-refractivity contribution < 1.29 is 9.59 Å². The predicted molar refractivity (Wildman–Crippen MR) is 125 cm³/mol. The Morgan fingerprint density at radius 3 is 2.23 bits per heavy atom. The molecule has 6 nitrogen and oxygen atoms in total. The number of rotatable bonds is 4. The number of likely N-dealkylation sites (tertiary alicyclic amines) is 1. The van der Waals surface area contributed by atoms with E-state index >= 15 is 0 Å². The van der Waals surface area contributed by atoms with Crippen LogP contribution in [0.15, 0.2) is 54.6 Å². The van der Waals surface area contributed by atoms with Crippen LogP contribution >= 0.6 is 0 Å². The van der Waals surface area contributed by atoms with Gasteiger partial charge in [-0.3, -0.25) is 4.79 Å². The van der Waals surface area contributed by atoms with E-state index in [1.165, 1.54) is 18.5 Å². The maximum atomic E-state index is 12.8. The molecule has 2 saturated heterocycles. The number of hydrogen-bond acceptors (Lipinski definition) is 3. The van der Waals surface area contributed by atoms with Gasteiger partial charge in [0.2, 0.25) is 5.91 Å². The highest BCUT2D eigenvalue weighted by Crippen LogP contribution is 2.25. The molecule has 0 radical (unpaired) electrons. The average molecular weight is 421 g/mol. The number of carbonyl (C=O) groups is 2. The van der Waals surface area contributed by atoms with E-state index in [-0.39, 0.29) is 17.9 Å². The van der Waals surface area contributed by atoms with Gasteiger partial charge in [0.25, 0.3) is 0 Å². The van der Waals surface area contributed by atoms with Crippen molar-refractivity contribution in [3.63, 3.8) is 0 Å². The molecular formula is C25H32N4O2. The standard InChI is InChI=1S/C25H32N4O2/c1-19-13-16-28(17-14-19)23-11-9-22(10-12-23)26-24(30)20-6-5-15-29(18-20)25(31)27-21-7-3-2-4-8-21/h2-4,7-12,19-20H,5-6,13-18H2,1H3,(H,26,30)(H,27,31)/t20-/m1/s1. The first-order valence-electron chi connectivity index (χ1n) is 11.4. The highest BCUT2D eigenvalue weighted by molar-refractivity contribution is 5.94. The van der Waals surface area contributed by atoms with Gasteiger partial charge in [-0.15, -0.1) is 0 Å². The van der Waals surface area contributed by atoms with Crippen LogP contribution in [0.2, 0.25) is 0 Å². The maximum Gasteiger partial charge on any atom is 0.321 e. The van der Waals surface area contributed by atoms with E-state index in [1.807, 2.05) is 42.5 Å². The zero-order valence-electron chi connectivity index (χ0n) is 18.2. The third kappa shape index (κ3) is 5.57. The molecule has 31 heavy (non-hydrogen) atoms. The Labute approximate surface area is 184 Å². The molecule has 0 saturated carbocycles. The van der Waals surface area contributed by atoms with E-state index in [1.54, 1.807) is 4.90 Å². The summed E-state index contributed by atoms with van der Waals surface area (Å²) in [6.07, 6.45) is 4.08. The molecule has 0 spiro atoms. The molecule has 4 rings (SSSR count). The van der Waals surface area contributed by atoms with Crippen LogP contribution in [-0.4, -0.2) is 43.0 Å². The fourth-order valence-electron chi connectivity index (χ4n) is 4.37. The molecule has 6 heteroatoms. The van der Waals surface area contributed by atoms with Crippen LogP contribution in [0.5, 0.6) is 0 Å². The molecule has 0 bridgehead atoms. The van der Waals surface area contributed by atoms with Crippen molar-refractivity contribution in [3.05, 3.63) is 54.6 Å². The van der Waals surface area contributed by atoms with Gasteiger partial charge in [-0.2, -0.15) is 0 Å². The number of benzene rings is 2. The molecule has 164 valence electrons. The lowest BCUT2D eigenvalue weighted by atomic mass is 9.97. The summed E-state index contributed by atoms with van der Waals surface area (Å²) in [5.74, 6) is 0.593. The minimum atomic E-state index is -0.196. The van der Waals surface area contributed by atoms with Gasteiger partial charge in [0.15, 0.2) is 0 Å². The Morgan fingerprint density at radius 1 is 0.839 bits per heavy atom. The molecule has 2 heterocycles. The van der Waals surface area contributed by atoms with Crippen LogP contribution in [0.1, 0.15) is 32.6 Å². The van der Waals surface area contributed by atoms with Crippen molar-refractivity contribution in [1.82, 2.24) is 4.90 Å². The zero-order chi connectivity index (χ0) is 21.6. The Balaban J connectivity index is 1.30. The SMILES string of the molecule is CC1CCN(c2ccc(NC(=O)[C@@H]3CCCN(C(=O)Nc4ccccc4)C3)cc2)CC1. The monoisotopic (exact) mass is 420 g/mol. The predicted octanol–water partition coefficient (Wildman–Crippen LogP) is 4.81. The molecule has 0 aliphatic carbocycles. The number of nitrogens with one attached hydrogen (secondary N) is 2. The van der Waals surface area contributed by atoms with Gasteiger partial charge in [0, 0.05) is 43.2 Å². The summed E-state index contributed by atoms with van der Waals surface area (Å²) in [4.78, 5) is 29.6. The minimum Gasteiger partial charge on any atom is -0.372 e. The third-order valence-electron chi connectivity index (χ3n) is 6.39. The number of piperidine rings is 2. The van der Waals surface area contributed by atoms with Crippen LogP contribution in [-0.2, 0) is 4.79 Å². The quantitative estimate of drug-likeness (QED) is 0.746. The lowest BCUT2D eigenvalue weighted by Gasteiger charge is -2.32. The fourth-order valence-corrected chi connectivity index (χ4v) is 4.37. The smallest absolute Gasteiger partial charge is 0.321 e. The van der Waals surface area contributed by atoms with Gasteiger partial charge < -0.3 is 20.4 Å². The van der Waals surface area contributed by atoms with Gasteiger partial charge >= 0.3 is 6.03 Å². The number of nitrogens with zero attached hydrogens (tertiary/aromatic N) is 2. The molecule has 0 aromatic heterocycles. The summed E-state index contributed by atoms with van der Waals surface area (Å²) >= 11 is 0. The zero-order valence-corrected chi connectivity index (χ0v) is 18.2. The summed E-state index contributed by atoms with van der Waals surface area (Å²) in [6, 6.07) is 17.4. The van der Waals surface area contributed by atoms with E-state index in [2.05, 4.69) is 34.6 Å².